The molecule has 1 aliphatic heterocycles. The van der Waals surface area contributed by atoms with Crippen LogP contribution in [-0.4, -0.2) is 50.6 Å². The van der Waals surface area contributed by atoms with E-state index < -0.39 is 34.2 Å². The summed E-state index contributed by atoms with van der Waals surface area (Å²) in [4.78, 5) is 52.2. The van der Waals surface area contributed by atoms with Gasteiger partial charge in [0.05, 0.1) is 11.2 Å². The Morgan fingerprint density at radius 1 is 1.37 bits per heavy atom. The van der Waals surface area contributed by atoms with E-state index in [9.17, 15) is 29.6 Å². The summed E-state index contributed by atoms with van der Waals surface area (Å²) in [5, 5.41) is 17.6. The fourth-order valence-corrected chi connectivity index (χ4v) is 3.25. The van der Waals surface area contributed by atoms with E-state index in [4.69, 9.17) is 0 Å². The molecule has 27 heavy (non-hydrogen) atoms. The zero-order valence-corrected chi connectivity index (χ0v) is 15.5. The Morgan fingerprint density at radius 2 is 2.00 bits per heavy atom. The molecule has 2 rings (SSSR count). The van der Waals surface area contributed by atoms with Crippen molar-refractivity contribution < 1.29 is 29.4 Å². The van der Waals surface area contributed by atoms with Gasteiger partial charge in [-0.05, 0) is 18.4 Å². The Hall–Kier alpha value is -2.62. The molecule has 1 amide bonds. The number of aliphatic carboxylic acids is 1. The van der Waals surface area contributed by atoms with Gasteiger partial charge in [0.2, 0.25) is 5.91 Å². The number of benzene rings is 1. The number of Topliss-reactive ketones (excluding diaryl/α,β-unsaturated/α-hetero) is 1. The molecule has 0 aromatic heterocycles. The highest BCUT2D eigenvalue weighted by molar-refractivity contribution is 7.81. The van der Waals surface area contributed by atoms with Gasteiger partial charge in [0.15, 0.2) is 5.78 Å². The van der Waals surface area contributed by atoms with Crippen LogP contribution < -0.4 is 0 Å². The molecule has 1 saturated heterocycles. The fourth-order valence-electron chi connectivity index (χ4n) is 2.97. The zero-order chi connectivity index (χ0) is 20.1. The predicted molar refractivity (Wildman–Crippen MR) is 96.9 cm³/mol. The molecule has 1 aromatic carbocycles. The van der Waals surface area contributed by atoms with Crippen LogP contribution in [0.25, 0.3) is 0 Å². The van der Waals surface area contributed by atoms with E-state index in [-0.39, 0.29) is 12.4 Å². The van der Waals surface area contributed by atoms with Gasteiger partial charge < -0.3 is 14.8 Å². The number of hydrogen-bond donors (Lipinski definition) is 2. The summed E-state index contributed by atoms with van der Waals surface area (Å²) in [7, 11) is 0. The molecule has 0 aliphatic carbocycles. The van der Waals surface area contributed by atoms with Crippen LogP contribution in [0.15, 0.2) is 24.3 Å². The van der Waals surface area contributed by atoms with Crippen LogP contribution in [0, 0.1) is 16.0 Å². The normalized spacial score (nSPS) is 18.6. The lowest BCUT2D eigenvalue weighted by molar-refractivity contribution is -0.763. The molecule has 146 valence electrons. The van der Waals surface area contributed by atoms with Crippen LogP contribution in [-0.2, 0) is 21.0 Å². The summed E-state index contributed by atoms with van der Waals surface area (Å²) >= 11 is 4.28. The highest BCUT2D eigenvalue weighted by Crippen LogP contribution is 2.24. The van der Waals surface area contributed by atoms with Gasteiger partial charge in [-0.15, -0.1) is 10.1 Å². The molecule has 1 N–H and O–H groups in total. The molecule has 10 heteroatoms. The number of thiol groups is 1. The number of rotatable bonds is 8. The van der Waals surface area contributed by atoms with Gasteiger partial charge in [-0.25, -0.2) is 4.79 Å². The Bertz CT molecular complexity index is 737. The van der Waals surface area contributed by atoms with Crippen molar-refractivity contribution in [2.45, 2.75) is 37.7 Å². The molecule has 1 aliphatic rings. The lowest BCUT2D eigenvalue weighted by Crippen LogP contribution is -2.45. The second kappa shape index (κ2) is 8.85. The SMILES string of the molecule is C[C@@H](C(=O)N1CCC[C@H]1C(=O)O)C(S)C(=O)c1ccc(CO[N+](=O)[O-])cc1. The first-order valence-corrected chi connectivity index (χ1v) is 8.85. The van der Waals surface area contributed by atoms with Crippen molar-refractivity contribution in [2.75, 3.05) is 6.54 Å². The van der Waals surface area contributed by atoms with Crippen molar-refractivity contribution in [3.8, 4) is 0 Å². The van der Waals surface area contributed by atoms with Crippen LogP contribution in [0.5, 0.6) is 0 Å². The maximum absolute atomic E-state index is 12.6. The van der Waals surface area contributed by atoms with Crippen molar-refractivity contribution >= 4 is 30.3 Å². The van der Waals surface area contributed by atoms with Crippen molar-refractivity contribution in [3.05, 3.63) is 45.5 Å². The number of carboxylic acid groups (broad SMARTS) is 1. The highest BCUT2D eigenvalue weighted by Gasteiger charge is 2.38. The van der Waals surface area contributed by atoms with Gasteiger partial charge >= 0.3 is 5.97 Å². The van der Waals surface area contributed by atoms with Gasteiger partial charge in [0, 0.05) is 12.1 Å². The van der Waals surface area contributed by atoms with Crippen LogP contribution in [0.3, 0.4) is 0 Å². The smallest absolute Gasteiger partial charge is 0.326 e. The Balaban J connectivity index is 2.04. The van der Waals surface area contributed by atoms with Gasteiger partial charge in [-0.3, -0.25) is 9.59 Å². The predicted octanol–water partition coefficient (Wildman–Crippen LogP) is 1.59. The third-order valence-corrected chi connectivity index (χ3v) is 5.21. The maximum Gasteiger partial charge on any atom is 0.326 e. The van der Waals surface area contributed by atoms with E-state index in [0.717, 1.165) is 0 Å². The van der Waals surface area contributed by atoms with Crippen LogP contribution in [0.2, 0.25) is 0 Å². The molecule has 0 saturated carbocycles. The van der Waals surface area contributed by atoms with E-state index in [1.807, 2.05) is 0 Å². The number of amides is 1. The molecule has 3 atom stereocenters. The summed E-state index contributed by atoms with van der Waals surface area (Å²) in [5.74, 6) is -2.64. The molecular weight excluding hydrogens is 376 g/mol. The first kappa shape index (κ1) is 20.7. The molecule has 0 bridgehead atoms. The van der Waals surface area contributed by atoms with Crippen molar-refractivity contribution in [1.82, 2.24) is 4.90 Å². The minimum Gasteiger partial charge on any atom is -0.480 e. The van der Waals surface area contributed by atoms with Crippen molar-refractivity contribution in [1.29, 1.82) is 0 Å². The van der Waals surface area contributed by atoms with Crippen LogP contribution in [0.4, 0.5) is 0 Å². The van der Waals surface area contributed by atoms with Gasteiger partial charge in [-0.1, -0.05) is 31.2 Å². The maximum atomic E-state index is 12.6. The lowest BCUT2D eigenvalue weighted by atomic mass is 9.97. The van der Waals surface area contributed by atoms with E-state index in [1.165, 1.54) is 29.2 Å². The van der Waals surface area contributed by atoms with E-state index in [1.54, 1.807) is 6.92 Å². The minimum atomic E-state index is -1.05. The Kier molecular flexibility index (Phi) is 6.78. The molecule has 1 unspecified atom stereocenters. The summed E-state index contributed by atoms with van der Waals surface area (Å²) in [6, 6.07) is 5.14. The van der Waals surface area contributed by atoms with Crippen LogP contribution in [0.1, 0.15) is 35.7 Å². The first-order valence-electron chi connectivity index (χ1n) is 8.34. The molecular formula is C17H20N2O7S. The Morgan fingerprint density at radius 3 is 2.56 bits per heavy atom. The van der Waals surface area contributed by atoms with E-state index in [0.29, 0.717) is 30.5 Å². The number of nitrogens with zero attached hydrogens (tertiary/aromatic N) is 2. The highest BCUT2D eigenvalue weighted by atomic mass is 32.1. The third kappa shape index (κ3) is 4.97. The van der Waals surface area contributed by atoms with Gasteiger partial charge in [-0.2, -0.15) is 12.6 Å². The number of likely N-dealkylation sites (tertiary alicyclic amines) is 1. The summed E-state index contributed by atoms with van der Waals surface area (Å²) in [5.41, 5.74) is 0.820. The van der Waals surface area contributed by atoms with Crippen molar-refractivity contribution in [3.63, 3.8) is 0 Å². The molecule has 1 heterocycles. The number of carbonyl (C=O) groups is 3. The van der Waals surface area contributed by atoms with Gasteiger partial charge in [0.1, 0.15) is 12.6 Å². The van der Waals surface area contributed by atoms with Gasteiger partial charge in [0.25, 0.3) is 5.09 Å². The fraction of sp³-hybridized carbons (Fsp3) is 0.471. The zero-order valence-electron chi connectivity index (χ0n) is 14.6. The lowest BCUT2D eigenvalue weighted by Gasteiger charge is -2.27. The van der Waals surface area contributed by atoms with E-state index in [2.05, 4.69) is 17.5 Å². The topological polar surface area (TPSA) is 127 Å². The number of carboxylic acids is 1. The molecule has 1 aromatic rings. The van der Waals surface area contributed by atoms with Crippen molar-refractivity contribution in [2.24, 2.45) is 5.92 Å². The number of ketones is 1. The summed E-state index contributed by atoms with van der Waals surface area (Å²) < 4.78 is 0. The summed E-state index contributed by atoms with van der Waals surface area (Å²) in [6.45, 7) is 1.67. The minimum absolute atomic E-state index is 0.230. The first-order chi connectivity index (χ1) is 12.7. The third-order valence-electron chi connectivity index (χ3n) is 4.53. The molecule has 0 spiro atoms. The standard InChI is InChI=1S/C17H20N2O7S/c1-10(16(21)18-8-2-3-13(18)17(22)23)15(27)14(20)12-6-4-11(5-7-12)9-26-19(24)25/h4-7,10,13,15,27H,2-3,8-9H2,1H3,(H,22,23)/t10-,13+,15?/m1/s1. The average Bonchev–Trinajstić information content (AvgIpc) is 3.14. The second-order valence-electron chi connectivity index (χ2n) is 6.32. The number of hydrogen-bond acceptors (Lipinski definition) is 7. The quantitative estimate of drug-likeness (QED) is 0.296. The second-order valence-corrected chi connectivity index (χ2v) is 6.88. The molecule has 9 nitrogen and oxygen atoms in total. The average molecular weight is 396 g/mol. The number of carbonyl (C=O) groups excluding carboxylic acids is 2. The van der Waals surface area contributed by atoms with E-state index >= 15 is 0 Å². The Labute approximate surface area is 160 Å². The molecule has 1 fully saturated rings. The largest absolute Gasteiger partial charge is 0.480 e. The monoisotopic (exact) mass is 396 g/mol. The molecule has 0 radical (unpaired) electrons. The van der Waals surface area contributed by atoms with Crippen LogP contribution >= 0.6 is 12.6 Å². The summed E-state index contributed by atoms with van der Waals surface area (Å²) in [6.07, 6.45) is 1.00.